The number of alkyl halides is 3. The van der Waals surface area contributed by atoms with Crippen molar-refractivity contribution in [2.24, 2.45) is 0 Å². The lowest BCUT2D eigenvalue weighted by Crippen LogP contribution is -2.16. The van der Waals surface area contributed by atoms with Crippen molar-refractivity contribution >= 4 is 40.5 Å². The Morgan fingerprint density at radius 1 is 1.08 bits per heavy atom. The van der Waals surface area contributed by atoms with Crippen molar-refractivity contribution in [2.75, 3.05) is 17.2 Å². The fourth-order valence-corrected chi connectivity index (χ4v) is 2.27. The van der Waals surface area contributed by atoms with Crippen LogP contribution in [0.5, 0.6) is 0 Å². The van der Waals surface area contributed by atoms with Crippen molar-refractivity contribution in [1.82, 2.24) is 0 Å². The topological polar surface area (TPSA) is 41.1 Å². The molecule has 0 spiro atoms. The molecule has 0 unspecified atom stereocenters. The van der Waals surface area contributed by atoms with Gasteiger partial charge >= 0.3 is 6.18 Å². The zero-order chi connectivity index (χ0) is 17.7. The lowest BCUT2D eigenvalue weighted by atomic mass is 10.2. The molecule has 0 atom stereocenters. The molecule has 0 aliphatic heterocycles. The lowest BCUT2D eigenvalue weighted by Gasteiger charge is -2.11. The van der Waals surface area contributed by atoms with Gasteiger partial charge in [-0.3, -0.25) is 4.79 Å². The van der Waals surface area contributed by atoms with E-state index in [1.54, 1.807) is 12.1 Å². The zero-order valence-electron chi connectivity index (χ0n) is 12.3. The summed E-state index contributed by atoms with van der Waals surface area (Å²) >= 11 is 11.8. The van der Waals surface area contributed by atoms with E-state index in [-0.39, 0.29) is 18.9 Å². The molecule has 0 aromatic heterocycles. The van der Waals surface area contributed by atoms with Crippen molar-refractivity contribution in [3.63, 3.8) is 0 Å². The van der Waals surface area contributed by atoms with Crippen LogP contribution < -0.4 is 10.6 Å². The quantitative estimate of drug-likeness (QED) is 0.727. The molecule has 2 N–H and O–H groups in total. The van der Waals surface area contributed by atoms with Crippen LogP contribution >= 0.6 is 23.2 Å². The molecule has 3 nitrogen and oxygen atoms in total. The van der Waals surface area contributed by atoms with E-state index >= 15 is 0 Å². The van der Waals surface area contributed by atoms with Crippen LogP contribution in [-0.4, -0.2) is 12.5 Å². The molecule has 0 aliphatic rings. The molecule has 0 saturated heterocycles. The highest BCUT2D eigenvalue weighted by Gasteiger charge is 2.30. The Kier molecular flexibility index (Phi) is 5.96. The van der Waals surface area contributed by atoms with E-state index in [1.165, 1.54) is 18.2 Å². The van der Waals surface area contributed by atoms with Gasteiger partial charge in [0.05, 0.1) is 16.3 Å². The van der Waals surface area contributed by atoms with Crippen LogP contribution in [0.1, 0.15) is 12.0 Å². The Balaban J connectivity index is 1.88. The minimum Gasteiger partial charge on any atom is -0.385 e. The molecule has 8 heteroatoms. The van der Waals surface area contributed by atoms with Crippen LogP contribution in [0.4, 0.5) is 24.5 Å². The van der Waals surface area contributed by atoms with Crippen LogP contribution in [0.2, 0.25) is 10.0 Å². The fourth-order valence-electron chi connectivity index (χ4n) is 1.93. The monoisotopic (exact) mass is 376 g/mol. The summed E-state index contributed by atoms with van der Waals surface area (Å²) in [5, 5.41) is 6.15. The maximum Gasteiger partial charge on any atom is 0.416 e. The number of hydrogen-bond donors (Lipinski definition) is 2. The molecule has 0 fully saturated rings. The van der Waals surface area contributed by atoms with E-state index in [9.17, 15) is 18.0 Å². The minimum absolute atomic E-state index is 0.0547. The van der Waals surface area contributed by atoms with Crippen molar-refractivity contribution in [1.29, 1.82) is 0 Å². The number of nitrogens with one attached hydrogen (secondary N) is 2. The van der Waals surface area contributed by atoms with Gasteiger partial charge < -0.3 is 10.6 Å². The largest absolute Gasteiger partial charge is 0.416 e. The molecule has 0 radical (unpaired) electrons. The van der Waals surface area contributed by atoms with Gasteiger partial charge in [-0.2, -0.15) is 13.2 Å². The fraction of sp³-hybridized carbons (Fsp3) is 0.188. The molecule has 0 bridgehead atoms. The molecule has 2 aromatic carbocycles. The maximum atomic E-state index is 12.6. The van der Waals surface area contributed by atoms with Gasteiger partial charge in [-0.15, -0.1) is 0 Å². The Hall–Kier alpha value is -1.92. The molecule has 0 aliphatic carbocycles. The van der Waals surface area contributed by atoms with E-state index in [0.29, 0.717) is 21.4 Å². The Labute approximate surface area is 146 Å². The maximum absolute atomic E-state index is 12.6. The number of rotatable bonds is 5. The van der Waals surface area contributed by atoms with Gasteiger partial charge in [0.15, 0.2) is 0 Å². The smallest absolute Gasteiger partial charge is 0.385 e. The molecule has 24 heavy (non-hydrogen) atoms. The summed E-state index contributed by atoms with van der Waals surface area (Å²) in [6.07, 6.45) is -4.35. The molecule has 128 valence electrons. The van der Waals surface area contributed by atoms with Gasteiger partial charge in [0.1, 0.15) is 0 Å². The number of carbonyl (C=O) groups excluding carboxylic acids is 1. The molecule has 0 saturated carbocycles. The van der Waals surface area contributed by atoms with Gasteiger partial charge in [-0.1, -0.05) is 29.3 Å². The highest BCUT2D eigenvalue weighted by Crippen LogP contribution is 2.30. The first-order chi connectivity index (χ1) is 11.3. The van der Waals surface area contributed by atoms with E-state index < -0.39 is 11.7 Å². The van der Waals surface area contributed by atoms with Gasteiger partial charge in [-0.05, 0) is 36.4 Å². The number of carbonyl (C=O) groups is 1. The van der Waals surface area contributed by atoms with E-state index in [1.807, 2.05) is 0 Å². The second-order valence-corrected chi connectivity index (χ2v) is 5.77. The number of hydrogen-bond acceptors (Lipinski definition) is 2. The standard InChI is InChI=1S/C16H13Cl2F3N2O/c17-11-4-5-13(18)14(9-11)23-15(24)6-7-22-12-3-1-2-10(8-12)16(19,20)21/h1-5,8-9,22H,6-7H2,(H,23,24). The average Bonchev–Trinajstić information content (AvgIpc) is 2.50. The number of halogens is 5. The highest BCUT2D eigenvalue weighted by atomic mass is 35.5. The van der Waals surface area contributed by atoms with Crippen LogP contribution in [0.15, 0.2) is 42.5 Å². The third-order valence-electron chi connectivity index (χ3n) is 3.07. The van der Waals surface area contributed by atoms with Crippen molar-refractivity contribution < 1.29 is 18.0 Å². The first-order valence-electron chi connectivity index (χ1n) is 6.92. The van der Waals surface area contributed by atoms with E-state index in [0.717, 1.165) is 12.1 Å². The summed E-state index contributed by atoms with van der Waals surface area (Å²) in [5.74, 6) is -0.335. The summed E-state index contributed by atoms with van der Waals surface area (Å²) < 4.78 is 37.8. The lowest BCUT2D eigenvalue weighted by molar-refractivity contribution is -0.137. The summed E-state index contributed by atoms with van der Waals surface area (Å²) in [6, 6.07) is 9.44. The number of amides is 1. The first kappa shape index (κ1) is 18.4. The predicted octanol–water partition coefficient (Wildman–Crippen LogP) is 5.45. The second kappa shape index (κ2) is 7.77. The summed E-state index contributed by atoms with van der Waals surface area (Å²) in [6.45, 7) is 0.172. The molecule has 2 aromatic rings. The average molecular weight is 377 g/mol. The second-order valence-electron chi connectivity index (χ2n) is 4.93. The van der Waals surface area contributed by atoms with Crippen LogP contribution in [0, 0.1) is 0 Å². The predicted molar refractivity (Wildman–Crippen MR) is 89.6 cm³/mol. The highest BCUT2D eigenvalue weighted by molar-refractivity contribution is 6.35. The zero-order valence-corrected chi connectivity index (χ0v) is 13.8. The Bertz CT molecular complexity index is 736. The number of anilines is 2. The molecule has 2 rings (SSSR count). The Morgan fingerprint density at radius 2 is 1.83 bits per heavy atom. The first-order valence-corrected chi connectivity index (χ1v) is 7.67. The van der Waals surface area contributed by atoms with Crippen LogP contribution in [0.25, 0.3) is 0 Å². The van der Waals surface area contributed by atoms with Gasteiger partial charge in [0, 0.05) is 23.7 Å². The van der Waals surface area contributed by atoms with Gasteiger partial charge in [0.2, 0.25) is 5.91 Å². The number of benzene rings is 2. The Morgan fingerprint density at radius 3 is 2.54 bits per heavy atom. The molecular formula is C16H13Cl2F3N2O. The normalized spacial score (nSPS) is 11.2. The van der Waals surface area contributed by atoms with Crippen LogP contribution in [0.3, 0.4) is 0 Å². The molecule has 1 amide bonds. The minimum atomic E-state index is -4.40. The van der Waals surface area contributed by atoms with E-state index in [2.05, 4.69) is 10.6 Å². The molecular weight excluding hydrogens is 364 g/mol. The summed E-state index contributed by atoms with van der Waals surface area (Å²) in [5.41, 5.74) is -0.0747. The van der Waals surface area contributed by atoms with Crippen molar-refractivity contribution in [2.45, 2.75) is 12.6 Å². The van der Waals surface area contributed by atoms with E-state index in [4.69, 9.17) is 23.2 Å². The van der Waals surface area contributed by atoms with Crippen LogP contribution in [-0.2, 0) is 11.0 Å². The van der Waals surface area contributed by atoms with Crippen molar-refractivity contribution in [3.8, 4) is 0 Å². The van der Waals surface area contributed by atoms with Gasteiger partial charge in [0.25, 0.3) is 0 Å². The third kappa shape index (κ3) is 5.32. The van der Waals surface area contributed by atoms with Gasteiger partial charge in [-0.25, -0.2) is 0 Å². The summed E-state index contributed by atoms with van der Waals surface area (Å²) in [4.78, 5) is 11.9. The summed E-state index contributed by atoms with van der Waals surface area (Å²) in [7, 11) is 0. The SMILES string of the molecule is O=C(CCNc1cccc(C(F)(F)F)c1)Nc1cc(Cl)ccc1Cl. The third-order valence-corrected chi connectivity index (χ3v) is 3.64. The molecule has 0 heterocycles. The van der Waals surface area contributed by atoms with Crippen molar-refractivity contribution in [3.05, 3.63) is 58.1 Å².